The molecule has 0 atom stereocenters. The fourth-order valence-corrected chi connectivity index (χ4v) is 2.41. The minimum absolute atomic E-state index is 0.0807. The summed E-state index contributed by atoms with van der Waals surface area (Å²) in [4.78, 5) is 29.8. The number of aryl methyl sites for hydroxylation is 1. The van der Waals surface area contributed by atoms with Crippen LogP contribution >= 0.6 is 12.2 Å². The third kappa shape index (κ3) is 4.43. The van der Waals surface area contributed by atoms with Gasteiger partial charge in [0.25, 0.3) is 11.8 Å². The van der Waals surface area contributed by atoms with Gasteiger partial charge in [0, 0.05) is 11.8 Å². The van der Waals surface area contributed by atoms with Crippen LogP contribution in [0.3, 0.4) is 0 Å². The molecule has 0 saturated heterocycles. The number of thiocarbonyl (C=S) groups is 1. The van der Waals surface area contributed by atoms with E-state index in [4.69, 9.17) is 4.74 Å². The Morgan fingerprint density at radius 2 is 1.81 bits per heavy atom. The second kappa shape index (κ2) is 8.05. The maximum atomic E-state index is 13.0. The molecule has 0 saturated carbocycles. The summed E-state index contributed by atoms with van der Waals surface area (Å²) in [7, 11) is 0. The van der Waals surface area contributed by atoms with Gasteiger partial charge in [-0.15, -0.1) is 0 Å². The zero-order valence-corrected chi connectivity index (χ0v) is 16.0. The average Bonchev–Trinajstić information content (AvgIpc) is 2.59. The van der Waals surface area contributed by atoms with Crippen LogP contribution < -0.4 is 10.2 Å². The number of hydrazine groups is 1. The minimum Gasteiger partial charge on any atom is -0.434 e. The van der Waals surface area contributed by atoms with Crippen molar-refractivity contribution in [2.24, 2.45) is 0 Å². The Balaban J connectivity index is 2.35. The zero-order chi connectivity index (χ0) is 19.3. The minimum atomic E-state index is -0.650. The molecule has 0 aliphatic heterocycles. The first-order valence-electron chi connectivity index (χ1n) is 8.02. The summed E-state index contributed by atoms with van der Waals surface area (Å²) in [6, 6.07) is 10.4. The molecule has 1 aromatic carbocycles. The predicted octanol–water partition coefficient (Wildman–Crippen LogP) is 3.31. The molecule has 26 heavy (non-hydrogen) atoms. The number of benzene rings is 1. The van der Waals surface area contributed by atoms with E-state index in [9.17, 15) is 9.59 Å². The Bertz CT molecular complexity index is 831. The average molecular weight is 371 g/mol. The van der Waals surface area contributed by atoms with Crippen molar-refractivity contribution in [1.82, 2.24) is 15.4 Å². The first-order chi connectivity index (χ1) is 12.3. The molecule has 6 nitrogen and oxygen atoms in total. The Morgan fingerprint density at radius 1 is 1.15 bits per heavy atom. The van der Waals surface area contributed by atoms with E-state index in [0.717, 1.165) is 11.1 Å². The number of hydrogen-bond donors (Lipinski definition) is 1. The number of amides is 2. The highest BCUT2D eigenvalue weighted by atomic mass is 32.1. The van der Waals surface area contributed by atoms with Crippen LogP contribution in [0.2, 0.25) is 0 Å². The van der Waals surface area contributed by atoms with E-state index in [1.165, 1.54) is 11.2 Å². The molecule has 7 heteroatoms. The van der Waals surface area contributed by atoms with Crippen LogP contribution in [0.1, 0.15) is 47.1 Å². The summed E-state index contributed by atoms with van der Waals surface area (Å²) in [6.07, 6.45) is 1.49. The Labute approximate surface area is 158 Å². The summed E-state index contributed by atoms with van der Waals surface area (Å²) in [5, 5.41) is 1.31. The van der Waals surface area contributed by atoms with Crippen LogP contribution in [0.15, 0.2) is 42.6 Å². The number of pyridine rings is 1. The quantitative estimate of drug-likeness (QED) is 0.659. The number of carbonyl (C=O) groups is 2. The smallest absolute Gasteiger partial charge is 0.275 e. The molecule has 136 valence electrons. The highest BCUT2D eigenvalue weighted by Gasteiger charge is 2.31. The summed E-state index contributed by atoms with van der Waals surface area (Å²) < 4.78 is 5.10. The van der Waals surface area contributed by atoms with Crippen molar-refractivity contribution < 1.29 is 14.3 Å². The maximum absolute atomic E-state index is 13.0. The van der Waals surface area contributed by atoms with Gasteiger partial charge in [0.2, 0.25) is 5.88 Å². The van der Waals surface area contributed by atoms with E-state index in [1.807, 2.05) is 39.8 Å². The molecule has 0 spiro atoms. The summed E-state index contributed by atoms with van der Waals surface area (Å²) >= 11 is 4.66. The molecule has 0 aliphatic rings. The van der Waals surface area contributed by atoms with E-state index in [1.54, 1.807) is 24.3 Å². The summed E-state index contributed by atoms with van der Waals surface area (Å²) in [5.74, 6) is -0.732. The molecular formula is C19H21N3O3S. The lowest BCUT2D eigenvalue weighted by molar-refractivity contribution is 0.0357. The Morgan fingerprint density at radius 3 is 2.42 bits per heavy atom. The molecule has 0 aliphatic carbocycles. The molecule has 0 radical (unpaired) electrons. The second-order valence-electron chi connectivity index (χ2n) is 6.64. The predicted molar refractivity (Wildman–Crippen MR) is 103 cm³/mol. The third-order valence-electron chi connectivity index (χ3n) is 3.64. The van der Waals surface area contributed by atoms with Gasteiger partial charge in [0.1, 0.15) is 5.56 Å². The number of aromatic nitrogens is 1. The van der Waals surface area contributed by atoms with E-state index >= 15 is 0 Å². The Kier molecular flexibility index (Phi) is 6.05. The fraction of sp³-hybridized carbons (Fsp3) is 0.263. The highest BCUT2D eigenvalue weighted by Crippen LogP contribution is 2.19. The van der Waals surface area contributed by atoms with Crippen molar-refractivity contribution in [3.63, 3.8) is 0 Å². The van der Waals surface area contributed by atoms with Crippen molar-refractivity contribution in [2.75, 3.05) is 0 Å². The lowest BCUT2D eigenvalue weighted by Crippen LogP contribution is -2.56. The molecular weight excluding hydrogens is 350 g/mol. The summed E-state index contributed by atoms with van der Waals surface area (Å²) in [5.41, 5.74) is 4.58. The molecule has 1 aromatic heterocycles. The molecule has 0 bridgehead atoms. The highest BCUT2D eigenvalue weighted by molar-refractivity contribution is 7.78. The SMILES string of the molecule is Cc1ccccc1C(=O)N(NC(=O)c1cccnc1OC=S)C(C)(C)C. The third-order valence-corrected chi connectivity index (χ3v) is 3.73. The lowest BCUT2D eigenvalue weighted by Gasteiger charge is -2.35. The molecule has 0 unspecified atom stereocenters. The van der Waals surface area contributed by atoms with Gasteiger partial charge in [-0.3, -0.25) is 15.0 Å². The van der Waals surface area contributed by atoms with Crippen molar-refractivity contribution >= 4 is 29.6 Å². The number of hydrogen-bond acceptors (Lipinski definition) is 5. The molecule has 1 heterocycles. The van der Waals surface area contributed by atoms with Crippen LogP contribution in [-0.2, 0) is 0 Å². The monoisotopic (exact) mass is 371 g/mol. The largest absolute Gasteiger partial charge is 0.434 e. The zero-order valence-electron chi connectivity index (χ0n) is 15.1. The number of rotatable bonds is 4. The van der Waals surface area contributed by atoms with E-state index in [0.29, 0.717) is 5.56 Å². The maximum Gasteiger partial charge on any atom is 0.275 e. The van der Waals surface area contributed by atoms with E-state index < -0.39 is 11.4 Å². The van der Waals surface area contributed by atoms with Crippen molar-refractivity contribution in [1.29, 1.82) is 0 Å². The normalized spacial score (nSPS) is 10.8. The first kappa shape index (κ1) is 19.5. The number of nitrogens with zero attached hydrogens (tertiary/aromatic N) is 2. The van der Waals surface area contributed by atoms with Crippen LogP contribution in [0, 0.1) is 6.92 Å². The number of nitrogens with one attached hydrogen (secondary N) is 1. The van der Waals surface area contributed by atoms with Gasteiger partial charge in [-0.2, -0.15) is 0 Å². The van der Waals surface area contributed by atoms with Crippen LogP contribution in [0.5, 0.6) is 5.88 Å². The first-order valence-corrected chi connectivity index (χ1v) is 8.49. The van der Waals surface area contributed by atoms with Gasteiger partial charge in [0.05, 0.1) is 5.54 Å². The fourth-order valence-electron chi connectivity index (χ4n) is 2.32. The Hall–Kier alpha value is -2.80. The molecule has 2 rings (SSSR count). The summed E-state index contributed by atoms with van der Waals surface area (Å²) in [6.45, 7) is 7.35. The van der Waals surface area contributed by atoms with Crippen LogP contribution in [0.4, 0.5) is 0 Å². The number of carbonyl (C=O) groups excluding carboxylic acids is 2. The van der Waals surface area contributed by atoms with Gasteiger partial charge in [-0.05, 0) is 63.7 Å². The van der Waals surface area contributed by atoms with Gasteiger partial charge < -0.3 is 4.74 Å². The topological polar surface area (TPSA) is 71.5 Å². The lowest BCUT2D eigenvalue weighted by atomic mass is 10.0. The van der Waals surface area contributed by atoms with E-state index in [2.05, 4.69) is 22.6 Å². The van der Waals surface area contributed by atoms with Crippen LogP contribution in [-0.4, -0.2) is 32.9 Å². The second-order valence-corrected chi connectivity index (χ2v) is 6.83. The van der Waals surface area contributed by atoms with Gasteiger partial charge in [-0.1, -0.05) is 18.2 Å². The number of ether oxygens (including phenoxy) is 1. The van der Waals surface area contributed by atoms with Crippen LogP contribution in [0.25, 0.3) is 0 Å². The van der Waals surface area contributed by atoms with Crippen molar-refractivity contribution in [3.05, 3.63) is 59.3 Å². The van der Waals surface area contributed by atoms with Crippen molar-refractivity contribution in [3.8, 4) is 5.88 Å². The van der Waals surface area contributed by atoms with Crippen molar-refractivity contribution in [2.45, 2.75) is 33.2 Å². The van der Waals surface area contributed by atoms with Gasteiger partial charge in [-0.25, -0.2) is 9.99 Å². The molecule has 1 N–H and O–H groups in total. The molecule has 2 amide bonds. The van der Waals surface area contributed by atoms with Gasteiger partial charge in [0.15, 0.2) is 5.55 Å². The molecule has 0 fully saturated rings. The van der Waals surface area contributed by atoms with E-state index in [-0.39, 0.29) is 17.4 Å². The van der Waals surface area contributed by atoms with Gasteiger partial charge >= 0.3 is 0 Å². The molecule has 2 aromatic rings. The standard InChI is InChI=1S/C19H21N3O3S/c1-13-8-5-6-9-14(13)18(24)22(19(2,3)4)21-16(23)15-10-7-11-20-17(15)25-12-26/h5-12H,1-4H3,(H,21,23).